The molecule has 0 saturated heterocycles. The zero-order chi connectivity index (χ0) is 53.2. The van der Waals surface area contributed by atoms with Crippen LogP contribution in [0.5, 0.6) is 11.5 Å². The van der Waals surface area contributed by atoms with Crippen LogP contribution >= 0.6 is 0 Å². The van der Waals surface area contributed by atoms with Crippen molar-refractivity contribution in [2.45, 2.75) is 132 Å². The van der Waals surface area contributed by atoms with Crippen molar-refractivity contribution < 1.29 is 108 Å². The molecule has 2 aromatic rings. The molecule has 0 aliphatic carbocycles. The van der Waals surface area contributed by atoms with Gasteiger partial charge in [-0.05, 0) is 91.4 Å². The maximum atomic E-state index is 15.0. The number of rotatable bonds is 26. The summed E-state index contributed by atoms with van der Waals surface area (Å²) in [6.07, 6.45) is -6.90. The third kappa shape index (κ3) is 13.4. The summed E-state index contributed by atoms with van der Waals surface area (Å²) in [5.41, 5.74) is -0.366. The Balaban J connectivity index is 2.28. The summed E-state index contributed by atoms with van der Waals surface area (Å²) in [6.45, 7) is 7.83. The van der Waals surface area contributed by atoms with Gasteiger partial charge in [0, 0.05) is 18.2 Å². The Morgan fingerprint density at radius 1 is 0.681 bits per heavy atom. The van der Waals surface area contributed by atoms with Gasteiger partial charge < -0.3 is 23.4 Å². The number of halogens is 17. The third-order valence-corrected chi connectivity index (χ3v) is 16.4. The van der Waals surface area contributed by atoms with Crippen molar-refractivity contribution >= 4 is 26.1 Å². The molecule has 8 nitrogen and oxygen atoms in total. The van der Waals surface area contributed by atoms with E-state index in [0.29, 0.717) is 29.0 Å². The topological polar surface area (TPSA) is 92.3 Å². The van der Waals surface area contributed by atoms with Crippen molar-refractivity contribution in [3.05, 3.63) is 77.9 Å². The highest BCUT2D eigenvalue weighted by atomic mass is 28.4. The van der Waals surface area contributed by atoms with E-state index in [9.17, 15) is 75.4 Å². The first-order chi connectivity index (χ1) is 31.4. The molecule has 2 rings (SSSR count). The van der Waals surface area contributed by atoms with Gasteiger partial charge in [0.2, 0.25) is 0 Å². The van der Waals surface area contributed by atoms with Crippen LogP contribution in [0.4, 0.5) is 85.1 Å². The quantitative estimate of drug-likeness (QED) is 0.0251. The molecule has 0 fully saturated rings. The molecule has 0 bridgehead atoms. The number of methoxy groups -OCH3 is 1. The second-order valence-corrected chi connectivity index (χ2v) is 21.1. The third-order valence-electron chi connectivity index (χ3n) is 10.7. The molecule has 0 aliphatic rings. The molecule has 1 N–H and O–H groups in total. The highest BCUT2D eigenvalue weighted by Gasteiger charge is 2.95. The number of carbonyl (C=O) groups is 2. The van der Waals surface area contributed by atoms with Crippen LogP contribution < -0.4 is 14.8 Å². The number of benzene rings is 2. The summed E-state index contributed by atoms with van der Waals surface area (Å²) >= 11 is 0. The Morgan fingerprint density at radius 2 is 1.17 bits per heavy atom. The van der Waals surface area contributed by atoms with Gasteiger partial charge >= 0.3 is 59.7 Å². The second-order valence-electron chi connectivity index (χ2n) is 16.0. The second kappa shape index (κ2) is 23.0. The molecule has 1 amide bonds. The van der Waals surface area contributed by atoms with E-state index in [2.05, 4.69) is 5.32 Å². The normalized spacial score (nSPS) is 14.6. The number of carbonyl (C=O) groups excluding carboxylic acids is 2. The Hall–Kier alpha value is -4.75. The molecule has 2 aromatic carbocycles. The molecule has 0 radical (unpaired) electrons. The van der Waals surface area contributed by atoms with Gasteiger partial charge in [-0.2, -0.15) is 74.6 Å². The van der Waals surface area contributed by atoms with Crippen molar-refractivity contribution in [1.29, 1.82) is 0 Å². The number of allylic oxidation sites excluding steroid dienone is 3. The van der Waals surface area contributed by atoms with Crippen molar-refractivity contribution in [3.8, 4) is 11.5 Å². The van der Waals surface area contributed by atoms with Crippen molar-refractivity contribution in [2.24, 2.45) is 0 Å². The minimum absolute atomic E-state index is 0.134. The Labute approximate surface area is 386 Å². The maximum absolute atomic E-state index is 15.0. The highest BCUT2D eigenvalue weighted by Crippen LogP contribution is 2.64. The molecule has 69 heavy (non-hydrogen) atoms. The van der Waals surface area contributed by atoms with Crippen LogP contribution in [0.1, 0.15) is 72.5 Å². The van der Waals surface area contributed by atoms with Gasteiger partial charge in [-0.1, -0.05) is 52.0 Å². The lowest BCUT2D eigenvalue weighted by molar-refractivity contribution is -0.461. The van der Waals surface area contributed by atoms with E-state index in [1.807, 2.05) is 0 Å². The molecular formula is C43H50F17NO7Si. The number of hydrogen-bond donors (Lipinski definition) is 1. The summed E-state index contributed by atoms with van der Waals surface area (Å²) in [5, 5.41) is 2.59. The molecule has 392 valence electrons. The number of alkyl halides is 17. The fraction of sp³-hybridized carbons (Fsp3) is 0.581. The van der Waals surface area contributed by atoms with Gasteiger partial charge in [-0.25, -0.2) is 9.59 Å². The minimum Gasteiger partial charge on any atom is -0.497 e. The van der Waals surface area contributed by atoms with E-state index in [-0.39, 0.29) is 18.8 Å². The number of nitrogens with one attached hydrogen (secondary N) is 1. The van der Waals surface area contributed by atoms with Gasteiger partial charge in [-0.3, -0.25) is 5.32 Å². The average Bonchev–Trinajstić information content (AvgIpc) is 3.24. The van der Waals surface area contributed by atoms with Gasteiger partial charge in [0.05, 0.1) is 20.3 Å². The fourth-order valence-electron chi connectivity index (χ4n) is 6.70. The van der Waals surface area contributed by atoms with E-state index < -0.39 is 111 Å². The largest absolute Gasteiger partial charge is 0.497 e. The number of ether oxygens (including phenoxy) is 4. The summed E-state index contributed by atoms with van der Waals surface area (Å²) in [5.74, 6) is -56.7. The molecule has 0 saturated carbocycles. The summed E-state index contributed by atoms with van der Waals surface area (Å²) in [6, 6.07) is 10.9. The fourth-order valence-corrected chi connectivity index (χ4v) is 11.2. The van der Waals surface area contributed by atoms with E-state index in [0.717, 1.165) is 0 Å². The molecule has 0 heterocycles. The lowest BCUT2D eigenvalue weighted by Gasteiger charge is -2.44. The SMILES string of the molecule is CCOC(=O)/C=C(C)/C=C/CC[C@H](OC(=O)Nc1ccc(OC)cc1)c1ccc(OCCO[Si](CCC(F)(F)C(F)(F)C(F)(F)C(F)(F)C(F)(F)C(F)(F)C(F)(F)C(F)(F)F)(C(C)C)C(C)C)cc1. The number of anilines is 1. The lowest BCUT2D eigenvalue weighted by Crippen LogP contribution is -2.74. The van der Waals surface area contributed by atoms with Crippen molar-refractivity contribution in [2.75, 3.05) is 32.2 Å². The van der Waals surface area contributed by atoms with Gasteiger partial charge in [0.15, 0.2) is 8.32 Å². The van der Waals surface area contributed by atoms with E-state index >= 15 is 8.78 Å². The van der Waals surface area contributed by atoms with Crippen LogP contribution in [0.25, 0.3) is 0 Å². The molecule has 0 unspecified atom stereocenters. The maximum Gasteiger partial charge on any atom is 0.460 e. The first kappa shape index (κ1) is 60.4. The Morgan fingerprint density at radius 3 is 1.65 bits per heavy atom. The van der Waals surface area contributed by atoms with Crippen molar-refractivity contribution in [3.63, 3.8) is 0 Å². The zero-order valence-corrected chi connectivity index (χ0v) is 38.8. The average molecular weight is 1040 g/mol. The summed E-state index contributed by atoms with van der Waals surface area (Å²) in [4.78, 5) is 24.7. The van der Waals surface area contributed by atoms with Crippen LogP contribution in [0, 0.1) is 0 Å². The molecule has 1 atom stereocenters. The van der Waals surface area contributed by atoms with Crippen LogP contribution in [-0.4, -0.2) is 94.9 Å². The minimum atomic E-state index is -8.70. The van der Waals surface area contributed by atoms with Gasteiger partial charge in [0.1, 0.15) is 24.2 Å². The smallest absolute Gasteiger partial charge is 0.460 e. The monoisotopic (exact) mass is 1040 g/mol. The molecular weight excluding hydrogens is 994 g/mol. The summed E-state index contributed by atoms with van der Waals surface area (Å²) < 4.78 is 263. The van der Waals surface area contributed by atoms with E-state index in [1.54, 1.807) is 50.3 Å². The highest BCUT2D eigenvalue weighted by molar-refractivity contribution is 6.76. The van der Waals surface area contributed by atoms with Gasteiger partial charge in [0.25, 0.3) is 0 Å². The van der Waals surface area contributed by atoms with E-state index in [4.69, 9.17) is 23.4 Å². The standard InChI is InChI=1S/C43H50F17NO7Si/c1-8-65-34(62)25-28(6)11-9-10-12-33(68-35(63)61-30-15-19-31(64-7)20-16-30)29-13-17-32(18-14-29)66-22-23-67-69(26(2)3,27(4)5)24-21-36(44,45)37(46,47)38(48,49)39(50,51)40(52,53)41(54,55)42(56,57)43(58,59)60/h9,11,13-20,25-27,33H,8,10,12,21-24H2,1-7H3,(H,61,63)/b11-9+,28-25+/t33-/m0/s1. The first-order valence-electron chi connectivity index (χ1n) is 20.6. The van der Waals surface area contributed by atoms with E-state index in [1.165, 1.54) is 65.1 Å². The van der Waals surface area contributed by atoms with Crippen LogP contribution in [0.2, 0.25) is 17.1 Å². The molecule has 0 aliphatic heterocycles. The van der Waals surface area contributed by atoms with Crippen LogP contribution in [0.15, 0.2) is 72.3 Å². The number of esters is 1. The number of hydrogen-bond acceptors (Lipinski definition) is 7. The molecule has 26 heteroatoms. The molecule has 0 aromatic heterocycles. The van der Waals surface area contributed by atoms with Crippen LogP contribution in [0.3, 0.4) is 0 Å². The Bertz CT molecular complexity index is 2040. The predicted octanol–water partition coefficient (Wildman–Crippen LogP) is 14.4. The first-order valence-corrected chi connectivity index (χ1v) is 22.9. The molecule has 0 spiro atoms. The van der Waals surface area contributed by atoms with Gasteiger partial charge in [-0.15, -0.1) is 0 Å². The summed E-state index contributed by atoms with van der Waals surface area (Å²) in [7, 11) is -2.56. The predicted molar refractivity (Wildman–Crippen MR) is 219 cm³/mol. The van der Waals surface area contributed by atoms with Crippen LogP contribution in [-0.2, 0) is 18.7 Å². The lowest BCUT2D eigenvalue weighted by atomic mass is 9.88. The zero-order valence-electron chi connectivity index (χ0n) is 37.8. The van der Waals surface area contributed by atoms with Crippen molar-refractivity contribution in [1.82, 2.24) is 0 Å². The Kier molecular flexibility index (Phi) is 20.1. The number of amides is 1.